The fraction of sp³-hybridized carbons (Fsp3) is 0.222. The number of nitro benzene ring substituents is 1. The third kappa shape index (κ3) is 3.83. The van der Waals surface area contributed by atoms with Crippen LogP contribution in [-0.2, 0) is 16.1 Å². The van der Waals surface area contributed by atoms with E-state index in [1.807, 2.05) is 12.1 Å². The number of carbonyl (C=O) groups excluding carboxylic acids is 2. The molecular formula is C18H16ClN3O4. The highest BCUT2D eigenvalue weighted by Crippen LogP contribution is 2.28. The Morgan fingerprint density at radius 1 is 1.27 bits per heavy atom. The Morgan fingerprint density at radius 3 is 2.77 bits per heavy atom. The summed E-state index contributed by atoms with van der Waals surface area (Å²) in [6, 6.07) is 13.0. The first-order chi connectivity index (χ1) is 12.5. The van der Waals surface area contributed by atoms with E-state index < -0.39 is 10.8 Å². The van der Waals surface area contributed by atoms with Gasteiger partial charge in [-0.2, -0.15) is 0 Å². The normalized spacial score (nSPS) is 16.6. The number of nitrogens with zero attached hydrogens (tertiary/aromatic N) is 2. The maximum Gasteiger partial charge on any atom is 0.271 e. The molecule has 1 saturated heterocycles. The number of rotatable bonds is 5. The standard InChI is InChI=1S/C18H16ClN3O4/c19-16-7-2-1-4-12(16)10-20-18(24)13-8-17(23)21(11-13)14-5-3-6-15(9-14)22(25)26/h1-7,9,13H,8,10-11H2,(H,20,24). The van der Waals surface area contributed by atoms with Gasteiger partial charge in [0.25, 0.3) is 5.69 Å². The number of nitrogens with one attached hydrogen (secondary N) is 1. The first-order valence-corrected chi connectivity index (χ1v) is 8.39. The lowest BCUT2D eigenvalue weighted by atomic mass is 10.1. The summed E-state index contributed by atoms with van der Waals surface area (Å²) in [5.74, 6) is -0.987. The van der Waals surface area contributed by atoms with E-state index in [-0.39, 0.29) is 37.0 Å². The van der Waals surface area contributed by atoms with Crippen molar-refractivity contribution >= 4 is 34.8 Å². The van der Waals surface area contributed by atoms with Crippen LogP contribution in [0.15, 0.2) is 48.5 Å². The first kappa shape index (κ1) is 17.9. The molecule has 2 aromatic rings. The SMILES string of the molecule is O=C(NCc1ccccc1Cl)C1CC(=O)N(c2cccc([N+](=O)[O-])c2)C1. The first-order valence-electron chi connectivity index (χ1n) is 8.01. The van der Waals surface area contributed by atoms with Crippen molar-refractivity contribution in [2.75, 3.05) is 11.4 Å². The van der Waals surface area contributed by atoms with Crippen LogP contribution in [0.1, 0.15) is 12.0 Å². The molecule has 1 atom stereocenters. The van der Waals surface area contributed by atoms with Crippen molar-refractivity contribution in [1.82, 2.24) is 5.32 Å². The van der Waals surface area contributed by atoms with Crippen molar-refractivity contribution in [2.24, 2.45) is 5.92 Å². The van der Waals surface area contributed by atoms with Crippen LogP contribution >= 0.6 is 11.6 Å². The maximum absolute atomic E-state index is 12.4. The van der Waals surface area contributed by atoms with Crippen LogP contribution < -0.4 is 10.2 Å². The van der Waals surface area contributed by atoms with Crippen LogP contribution in [0.5, 0.6) is 0 Å². The van der Waals surface area contributed by atoms with Crippen molar-refractivity contribution in [1.29, 1.82) is 0 Å². The predicted octanol–water partition coefficient (Wildman–Crippen LogP) is 2.92. The van der Waals surface area contributed by atoms with Gasteiger partial charge in [-0.3, -0.25) is 19.7 Å². The number of nitro groups is 1. The second-order valence-electron chi connectivity index (χ2n) is 5.99. The Kier molecular flexibility index (Phi) is 5.18. The fourth-order valence-electron chi connectivity index (χ4n) is 2.88. The number of halogens is 1. The van der Waals surface area contributed by atoms with Crippen LogP contribution in [0.4, 0.5) is 11.4 Å². The van der Waals surface area contributed by atoms with E-state index in [2.05, 4.69) is 5.32 Å². The van der Waals surface area contributed by atoms with Gasteiger partial charge in [-0.1, -0.05) is 35.9 Å². The number of hydrogen-bond acceptors (Lipinski definition) is 4. The van der Waals surface area contributed by atoms with Gasteiger partial charge in [0.1, 0.15) is 0 Å². The van der Waals surface area contributed by atoms with E-state index in [1.54, 1.807) is 18.2 Å². The Morgan fingerprint density at radius 2 is 2.04 bits per heavy atom. The third-order valence-corrected chi connectivity index (χ3v) is 4.63. The summed E-state index contributed by atoms with van der Waals surface area (Å²) in [6.07, 6.45) is 0.0665. The molecule has 2 aromatic carbocycles. The lowest BCUT2D eigenvalue weighted by molar-refractivity contribution is -0.384. The Bertz CT molecular complexity index is 871. The van der Waals surface area contributed by atoms with Crippen molar-refractivity contribution in [3.8, 4) is 0 Å². The molecule has 134 valence electrons. The van der Waals surface area contributed by atoms with Gasteiger partial charge in [-0.05, 0) is 17.7 Å². The van der Waals surface area contributed by atoms with Crippen molar-refractivity contribution in [3.63, 3.8) is 0 Å². The molecule has 0 aromatic heterocycles. The minimum Gasteiger partial charge on any atom is -0.352 e. The van der Waals surface area contributed by atoms with Gasteiger partial charge >= 0.3 is 0 Å². The molecule has 0 bridgehead atoms. The Hall–Kier alpha value is -2.93. The molecule has 7 nitrogen and oxygen atoms in total. The van der Waals surface area contributed by atoms with E-state index in [0.29, 0.717) is 10.7 Å². The summed E-state index contributed by atoms with van der Waals surface area (Å²) in [4.78, 5) is 36.4. The fourth-order valence-corrected chi connectivity index (χ4v) is 3.08. The molecule has 0 aliphatic carbocycles. The van der Waals surface area contributed by atoms with E-state index in [4.69, 9.17) is 11.6 Å². The minimum atomic E-state index is -0.516. The third-order valence-electron chi connectivity index (χ3n) is 4.26. The molecule has 0 spiro atoms. The molecule has 1 heterocycles. The van der Waals surface area contributed by atoms with Gasteiger partial charge in [0.05, 0.1) is 16.5 Å². The molecule has 0 saturated carbocycles. The van der Waals surface area contributed by atoms with Crippen molar-refractivity contribution in [2.45, 2.75) is 13.0 Å². The number of anilines is 1. The second-order valence-corrected chi connectivity index (χ2v) is 6.40. The summed E-state index contributed by atoms with van der Waals surface area (Å²) in [7, 11) is 0. The molecule has 0 radical (unpaired) electrons. The highest BCUT2D eigenvalue weighted by atomic mass is 35.5. The van der Waals surface area contributed by atoms with E-state index >= 15 is 0 Å². The summed E-state index contributed by atoms with van der Waals surface area (Å²) in [5.41, 5.74) is 1.12. The van der Waals surface area contributed by atoms with E-state index in [1.165, 1.54) is 23.1 Å². The molecular weight excluding hydrogens is 358 g/mol. The van der Waals surface area contributed by atoms with Crippen LogP contribution in [0, 0.1) is 16.0 Å². The van der Waals surface area contributed by atoms with Gasteiger partial charge in [0.15, 0.2) is 0 Å². The quantitative estimate of drug-likeness (QED) is 0.644. The second kappa shape index (κ2) is 7.53. The molecule has 1 N–H and O–H groups in total. The lowest BCUT2D eigenvalue weighted by Crippen LogP contribution is -2.32. The highest BCUT2D eigenvalue weighted by molar-refractivity contribution is 6.31. The van der Waals surface area contributed by atoms with Crippen LogP contribution in [-0.4, -0.2) is 23.3 Å². The van der Waals surface area contributed by atoms with Gasteiger partial charge < -0.3 is 10.2 Å². The predicted molar refractivity (Wildman–Crippen MR) is 96.9 cm³/mol. The molecule has 26 heavy (non-hydrogen) atoms. The average molecular weight is 374 g/mol. The van der Waals surface area contributed by atoms with Crippen LogP contribution in [0.25, 0.3) is 0 Å². The smallest absolute Gasteiger partial charge is 0.271 e. The number of hydrogen-bond donors (Lipinski definition) is 1. The van der Waals surface area contributed by atoms with Crippen molar-refractivity contribution in [3.05, 3.63) is 69.2 Å². The monoisotopic (exact) mass is 373 g/mol. The van der Waals surface area contributed by atoms with Gasteiger partial charge in [-0.25, -0.2) is 0 Å². The van der Waals surface area contributed by atoms with Gasteiger partial charge in [0.2, 0.25) is 11.8 Å². The zero-order chi connectivity index (χ0) is 18.7. The number of benzene rings is 2. The zero-order valence-corrected chi connectivity index (χ0v) is 14.5. The van der Waals surface area contributed by atoms with Crippen molar-refractivity contribution < 1.29 is 14.5 Å². The van der Waals surface area contributed by atoms with Gasteiger partial charge in [0, 0.05) is 36.7 Å². The minimum absolute atomic E-state index is 0.0665. The zero-order valence-electron chi connectivity index (χ0n) is 13.7. The number of non-ortho nitro benzene ring substituents is 1. The molecule has 1 fully saturated rings. The summed E-state index contributed by atoms with van der Waals surface area (Å²) >= 11 is 6.07. The van der Waals surface area contributed by atoms with Crippen LogP contribution in [0.3, 0.4) is 0 Å². The molecule has 1 unspecified atom stereocenters. The summed E-state index contributed by atoms with van der Waals surface area (Å²) < 4.78 is 0. The highest BCUT2D eigenvalue weighted by Gasteiger charge is 2.35. The maximum atomic E-state index is 12.4. The Balaban J connectivity index is 1.65. The number of amides is 2. The lowest BCUT2D eigenvalue weighted by Gasteiger charge is -2.16. The summed E-state index contributed by atoms with van der Waals surface area (Å²) in [5, 5.41) is 14.3. The molecule has 2 amide bonds. The average Bonchev–Trinajstić information content (AvgIpc) is 3.03. The largest absolute Gasteiger partial charge is 0.352 e. The molecule has 1 aliphatic heterocycles. The Labute approximate surface area is 154 Å². The molecule has 1 aliphatic rings. The molecule has 8 heteroatoms. The number of carbonyl (C=O) groups is 2. The van der Waals surface area contributed by atoms with E-state index in [0.717, 1.165) is 5.56 Å². The molecule has 3 rings (SSSR count). The topological polar surface area (TPSA) is 92.6 Å². The van der Waals surface area contributed by atoms with Gasteiger partial charge in [-0.15, -0.1) is 0 Å². The van der Waals surface area contributed by atoms with E-state index in [9.17, 15) is 19.7 Å². The van der Waals surface area contributed by atoms with Crippen LogP contribution in [0.2, 0.25) is 5.02 Å². The summed E-state index contributed by atoms with van der Waals surface area (Å²) in [6.45, 7) is 0.467.